The van der Waals surface area contributed by atoms with E-state index in [9.17, 15) is 9.18 Å². The molecular weight excluding hydrogens is 267 g/mol. The first-order valence-corrected chi connectivity index (χ1v) is 6.95. The number of nitrogens with two attached hydrogens (primary N) is 1. The van der Waals surface area contributed by atoms with Crippen LogP contribution >= 0.6 is 11.6 Å². The van der Waals surface area contributed by atoms with Crippen molar-refractivity contribution in [3.8, 4) is 0 Å². The molecule has 3 N–H and O–H groups in total. The van der Waals surface area contributed by atoms with Gasteiger partial charge in [0.1, 0.15) is 5.82 Å². The first kappa shape index (κ1) is 14.3. The van der Waals surface area contributed by atoms with Crippen LogP contribution in [-0.2, 0) is 4.79 Å². The number of carbonyl (C=O) groups excluding carboxylic acids is 1. The number of benzene rings is 1. The highest BCUT2D eigenvalue weighted by Gasteiger charge is 2.29. The largest absolute Gasteiger partial charge is 0.330 e. The summed E-state index contributed by atoms with van der Waals surface area (Å²) in [6.07, 6.45) is 4.05. The monoisotopic (exact) mass is 284 g/mol. The lowest BCUT2D eigenvalue weighted by molar-refractivity contribution is -0.122. The van der Waals surface area contributed by atoms with Crippen LogP contribution in [0.5, 0.6) is 0 Å². The van der Waals surface area contributed by atoms with Gasteiger partial charge in [-0.2, -0.15) is 0 Å². The van der Waals surface area contributed by atoms with Crippen molar-refractivity contribution < 1.29 is 9.18 Å². The summed E-state index contributed by atoms with van der Waals surface area (Å²) in [7, 11) is 0. The predicted octanol–water partition coefficient (Wildman–Crippen LogP) is 3.18. The molecule has 19 heavy (non-hydrogen) atoms. The number of hydrogen-bond donors (Lipinski definition) is 2. The second-order valence-corrected chi connectivity index (χ2v) is 5.41. The third-order valence-corrected chi connectivity index (χ3v) is 4.03. The van der Waals surface area contributed by atoms with Crippen molar-refractivity contribution in [2.45, 2.75) is 25.7 Å². The normalized spacial score (nSPS) is 23.1. The first-order valence-electron chi connectivity index (χ1n) is 6.58. The number of halogens is 2. The van der Waals surface area contributed by atoms with Crippen LogP contribution in [0.3, 0.4) is 0 Å². The lowest BCUT2D eigenvalue weighted by Gasteiger charge is -2.29. The Labute approximate surface area is 117 Å². The molecule has 2 unspecified atom stereocenters. The molecule has 1 fully saturated rings. The van der Waals surface area contributed by atoms with Crippen LogP contribution in [0.1, 0.15) is 25.7 Å². The number of amides is 1. The van der Waals surface area contributed by atoms with Crippen LogP contribution < -0.4 is 11.1 Å². The summed E-state index contributed by atoms with van der Waals surface area (Å²) in [6, 6.07) is 4.19. The van der Waals surface area contributed by atoms with E-state index in [0.717, 1.165) is 25.7 Å². The van der Waals surface area contributed by atoms with Gasteiger partial charge in [0.25, 0.3) is 0 Å². The standard InChI is InChI=1S/C14H18ClFN2O/c15-12-7-10(5-6-13(12)16)18-14(19)11-4-2-1-3-9(11)8-17/h5-7,9,11H,1-4,8,17H2,(H,18,19). The second kappa shape index (κ2) is 6.35. The first-order chi connectivity index (χ1) is 9.11. The maximum Gasteiger partial charge on any atom is 0.227 e. The highest BCUT2D eigenvalue weighted by Crippen LogP contribution is 2.30. The summed E-state index contributed by atoms with van der Waals surface area (Å²) in [6.45, 7) is 0.530. The fourth-order valence-corrected chi connectivity index (χ4v) is 2.82. The Morgan fingerprint density at radius 1 is 1.42 bits per heavy atom. The molecule has 0 aliphatic heterocycles. The minimum Gasteiger partial charge on any atom is -0.330 e. The Kier molecular flexibility index (Phi) is 4.77. The van der Waals surface area contributed by atoms with E-state index in [2.05, 4.69) is 5.32 Å². The van der Waals surface area contributed by atoms with Crippen LogP contribution in [-0.4, -0.2) is 12.5 Å². The summed E-state index contributed by atoms with van der Waals surface area (Å²) in [5.74, 6) is -0.345. The van der Waals surface area contributed by atoms with Gasteiger partial charge in [-0.25, -0.2) is 4.39 Å². The third-order valence-electron chi connectivity index (χ3n) is 3.74. The quantitative estimate of drug-likeness (QED) is 0.896. The Morgan fingerprint density at radius 2 is 2.16 bits per heavy atom. The van der Waals surface area contributed by atoms with E-state index >= 15 is 0 Å². The smallest absolute Gasteiger partial charge is 0.227 e. The van der Waals surface area contributed by atoms with E-state index in [1.807, 2.05) is 0 Å². The van der Waals surface area contributed by atoms with E-state index in [0.29, 0.717) is 12.2 Å². The SMILES string of the molecule is NCC1CCCCC1C(=O)Nc1ccc(F)c(Cl)c1. The van der Waals surface area contributed by atoms with Crippen LogP contribution in [0.4, 0.5) is 10.1 Å². The fourth-order valence-electron chi connectivity index (χ4n) is 2.64. The molecule has 2 rings (SSSR count). The molecule has 0 aromatic heterocycles. The van der Waals surface area contributed by atoms with Crippen molar-refractivity contribution in [1.29, 1.82) is 0 Å². The number of nitrogens with one attached hydrogen (secondary N) is 1. The summed E-state index contributed by atoms with van der Waals surface area (Å²) >= 11 is 5.69. The highest BCUT2D eigenvalue weighted by molar-refractivity contribution is 6.31. The zero-order valence-electron chi connectivity index (χ0n) is 10.7. The molecule has 1 aliphatic rings. The Balaban J connectivity index is 2.05. The van der Waals surface area contributed by atoms with Gasteiger partial charge in [-0.15, -0.1) is 0 Å². The van der Waals surface area contributed by atoms with Gasteiger partial charge in [0.2, 0.25) is 5.91 Å². The molecule has 0 heterocycles. The Hall–Kier alpha value is -1.13. The van der Waals surface area contributed by atoms with Crippen LogP contribution in [0, 0.1) is 17.7 Å². The van der Waals surface area contributed by atoms with Crippen LogP contribution in [0.25, 0.3) is 0 Å². The summed E-state index contributed by atoms with van der Waals surface area (Å²) < 4.78 is 13.0. The molecule has 5 heteroatoms. The van der Waals surface area contributed by atoms with Crippen LogP contribution in [0.2, 0.25) is 5.02 Å². The van der Waals surface area contributed by atoms with Crippen molar-refractivity contribution in [2.24, 2.45) is 17.6 Å². The molecule has 1 aromatic carbocycles. The van der Waals surface area contributed by atoms with Crippen molar-refractivity contribution in [3.05, 3.63) is 29.0 Å². The molecule has 2 atom stereocenters. The average molecular weight is 285 g/mol. The molecule has 0 saturated heterocycles. The molecule has 3 nitrogen and oxygen atoms in total. The van der Waals surface area contributed by atoms with Gasteiger partial charge in [-0.3, -0.25) is 4.79 Å². The van der Waals surface area contributed by atoms with Gasteiger partial charge in [0, 0.05) is 11.6 Å². The van der Waals surface area contributed by atoms with Crippen molar-refractivity contribution in [2.75, 3.05) is 11.9 Å². The molecule has 0 bridgehead atoms. The number of rotatable bonds is 3. The summed E-state index contributed by atoms with van der Waals surface area (Å²) in [5.41, 5.74) is 6.24. The van der Waals surface area contributed by atoms with Gasteiger partial charge in [0.05, 0.1) is 5.02 Å². The van der Waals surface area contributed by atoms with E-state index < -0.39 is 5.82 Å². The number of hydrogen-bond acceptors (Lipinski definition) is 2. The molecule has 0 spiro atoms. The zero-order valence-corrected chi connectivity index (χ0v) is 11.4. The maximum absolute atomic E-state index is 13.0. The highest BCUT2D eigenvalue weighted by atomic mass is 35.5. The van der Waals surface area contributed by atoms with Gasteiger partial charge in [0.15, 0.2) is 0 Å². The van der Waals surface area contributed by atoms with Gasteiger partial charge in [-0.05, 0) is 43.5 Å². The molecular formula is C14H18ClFN2O. The lowest BCUT2D eigenvalue weighted by Crippen LogP contribution is -2.35. The zero-order chi connectivity index (χ0) is 13.8. The van der Waals surface area contributed by atoms with E-state index in [-0.39, 0.29) is 22.8 Å². The van der Waals surface area contributed by atoms with E-state index in [1.165, 1.54) is 18.2 Å². The molecule has 0 radical (unpaired) electrons. The van der Waals surface area contributed by atoms with Gasteiger partial charge in [-0.1, -0.05) is 24.4 Å². The summed E-state index contributed by atoms with van der Waals surface area (Å²) in [4.78, 5) is 12.2. The number of carbonyl (C=O) groups is 1. The molecule has 1 aromatic rings. The van der Waals surface area contributed by atoms with Crippen molar-refractivity contribution >= 4 is 23.2 Å². The van der Waals surface area contributed by atoms with E-state index in [4.69, 9.17) is 17.3 Å². The van der Waals surface area contributed by atoms with Crippen LogP contribution in [0.15, 0.2) is 18.2 Å². The lowest BCUT2D eigenvalue weighted by atomic mass is 9.78. The van der Waals surface area contributed by atoms with Crippen molar-refractivity contribution in [1.82, 2.24) is 0 Å². The minimum atomic E-state index is -0.489. The average Bonchev–Trinajstić information content (AvgIpc) is 2.43. The minimum absolute atomic E-state index is 0.0109. The predicted molar refractivity (Wildman–Crippen MR) is 74.5 cm³/mol. The van der Waals surface area contributed by atoms with Crippen molar-refractivity contribution in [3.63, 3.8) is 0 Å². The number of anilines is 1. The third kappa shape index (κ3) is 3.45. The topological polar surface area (TPSA) is 55.1 Å². The van der Waals surface area contributed by atoms with Gasteiger partial charge >= 0.3 is 0 Å². The summed E-state index contributed by atoms with van der Waals surface area (Å²) in [5, 5.41) is 2.81. The Morgan fingerprint density at radius 3 is 2.84 bits per heavy atom. The second-order valence-electron chi connectivity index (χ2n) is 5.00. The van der Waals surface area contributed by atoms with Gasteiger partial charge < -0.3 is 11.1 Å². The Bertz CT molecular complexity index is 467. The maximum atomic E-state index is 13.0. The fraction of sp³-hybridized carbons (Fsp3) is 0.500. The van der Waals surface area contributed by atoms with E-state index in [1.54, 1.807) is 0 Å². The molecule has 1 saturated carbocycles. The molecule has 1 aliphatic carbocycles. The molecule has 104 valence electrons. The molecule has 1 amide bonds.